The Morgan fingerprint density at radius 3 is 2.33 bits per heavy atom. The second-order valence-electron chi connectivity index (χ2n) is 4.81. The van der Waals surface area contributed by atoms with Gasteiger partial charge in [0, 0.05) is 12.6 Å². The standard InChI is InChI=1S/C10H14ClN3O3S/c1-6-7(8(11)13(4)12-6)5-14-9(15)10(2,3)18(14,16)17/h5H2,1-4H3. The number of carbonyl (C=O) groups excluding carboxylic acids is 1. The molecule has 0 N–H and O–H groups in total. The van der Waals surface area contributed by atoms with Crippen molar-refractivity contribution in [3.63, 3.8) is 0 Å². The number of halogens is 1. The fourth-order valence-electron chi connectivity index (χ4n) is 1.91. The maximum absolute atomic E-state index is 11.9. The summed E-state index contributed by atoms with van der Waals surface area (Å²) in [4.78, 5) is 11.8. The van der Waals surface area contributed by atoms with E-state index in [1.165, 1.54) is 18.5 Å². The molecule has 0 aromatic carbocycles. The highest BCUT2D eigenvalue weighted by Crippen LogP contribution is 2.37. The normalized spacial score (nSPS) is 20.9. The molecular formula is C10H14ClN3O3S. The molecule has 0 radical (unpaired) electrons. The van der Waals surface area contributed by atoms with Gasteiger partial charge in [0.15, 0.2) is 4.75 Å². The fourth-order valence-corrected chi connectivity index (χ4v) is 3.64. The van der Waals surface area contributed by atoms with E-state index in [1.54, 1.807) is 14.0 Å². The molecule has 1 aromatic rings. The fraction of sp³-hybridized carbons (Fsp3) is 0.600. The van der Waals surface area contributed by atoms with Crippen molar-refractivity contribution in [1.29, 1.82) is 0 Å². The smallest absolute Gasteiger partial charge is 0.259 e. The van der Waals surface area contributed by atoms with Crippen molar-refractivity contribution in [2.45, 2.75) is 32.1 Å². The molecule has 0 atom stereocenters. The Bertz CT molecular complexity index is 633. The van der Waals surface area contributed by atoms with E-state index in [-0.39, 0.29) is 6.54 Å². The lowest BCUT2D eigenvalue weighted by Gasteiger charge is -2.42. The van der Waals surface area contributed by atoms with Gasteiger partial charge in [-0.2, -0.15) is 5.10 Å². The molecule has 0 bridgehead atoms. The zero-order valence-corrected chi connectivity index (χ0v) is 12.1. The first-order chi connectivity index (χ1) is 8.10. The number of hydrogen-bond acceptors (Lipinski definition) is 4. The minimum absolute atomic E-state index is 0.0525. The Balaban J connectivity index is 2.35. The van der Waals surface area contributed by atoms with Crippen molar-refractivity contribution in [2.24, 2.45) is 7.05 Å². The summed E-state index contributed by atoms with van der Waals surface area (Å²) in [6.07, 6.45) is 0. The van der Waals surface area contributed by atoms with Crippen LogP contribution in [-0.4, -0.2) is 33.2 Å². The third-order valence-electron chi connectivity index (χ3n) is 3.25. The molecule has 8 heteroatoms. The molecule has 18 heavy (non-hydrogen) atoms. The van der Waals surface area contributed by atoms with Crippen LogP contribution in [0.25, 0.3) is 0 Å². The van der Waals surface area contributed by atoms with Gasteiger partial charge >= 0.3 is 0 Å². The van der Waals surface area contributed by atoms with Gasteiger partial charge in [0.1, 0.15) is 5.15 Å². The van der Waals surface area contributed by atoms with E-state index in [4.69, 9.17) is 11.6 Å². The van der Waals surface area contributed by atoms with Crippen LogP contribution >= 0.6 is 11.6 Å². The topological polar surface area (TPSA) is 72.3 Å². The van der Waals surface area contributed by atoms with Gasteiger partial charge in [0.05, 0.1) is 12.2 Å². The Labute approximate surface area is 111 Å². The molecule has 1 aromatic heterocycles. The van der Waals surface area contributed by atoms with Crippen LogP contribution in [0.3, 0.4) is 0 Å². The van der Waals surface area contributed by atoms with Crippen LogP contribution in [0, 0.1) is 6.92 Å². The highest BCUT2D eigenvalue weighted by Gasteiger charge is 2.60. The Morgan fingerprint density at radius 1 is 1.39 bits per heavy atom. The van der Waals surface area contributed by atoms with Gasteiger partial charge < -0.3 is 0 Å². The van der Waals surface area contributed by atoms with E-state index >= 15 is 0 Å². The molecule has 1 aliphatic heterocycles. The van der Waals surface area contributed by atoms with E-state index in [9.17, 15) is 13.2 Å². The average molecular weight is 292 g/mol. The summed E-state index contributed by atoms with van der Waals surface area (Å²) in [6, 6.07) is 0. The molecule has 0 unspecified atom stereocenters. The molecule has 1 amide bonds. The summed E-state index contributed by atoms with van der Waals surface area (Å²) < 4.78 is 24.9. The quantitative estimate of drug-likeness (QED) is 0.809. The highest BCUT2D eigenvalue weighted by atomic mass is 35.5. The van der Waals surface area contributed by atoms with E-state index in [1.807, 2.05) is 0 Å². The lowest BCUT2D eigenvalue weighted by atomic mass is 10.1. The first-order valence-electron chi connectivity index (χ1n) is 5.35. The first kappa shape index (κ1) is 13.4. The largest absolute Gasteiger partial charge is 0.272 e. The van der Waals surface area contributed by atoms with Crippen molar-refractivity contribution in [1.82, 2.24) is 14.1 Å². The van der Waals surface area contributed by atoms with Gasteiger partial charge in [-0.1, -0.05) is 11.6 Å². The van der Waals surface area contributed by atoms with Crippen molar-refractivity contribution >= 4 is 27.5 Å². The molecule has 0 aliphatic carbocycles. The number of aryl methyl sites for hydroxylation is 2. The first-order valence-corrected chi connectivity index (χ1v) is 7.17. The predicted molar refractivity (Wildman–Crippen MR) is 66.5 cm³/mol. The minimum Gasteiger partial charge on any atom is -0.272 e. The van der Waals surface area contributed by atoms with Crippen LogP contribution < -0.4 is 0 Å². The Morgan fingerprint density at radius 2 is 1.94 bits per heavy atom. The van der Waals surface area contributed by atoms with E-state index < -0.39 is 20.7 Å². The van der Waals surface area contributed by atoms with E-state index in [0.29, 0.717) is 16.4 Å². The number of sulfonamides is 1. The molecule has 0 spiro atoms. The summed E-state index contributed by atoms with van der Waals surface area (Å²) >= 11 is 6.02. The SMILES string of the molecule is Cc1nn(C)c(Cl)c1CN1C(=O)C(C)(C)S1(=O)=O. The second-order valence-corrected chi connectivity index (χ2v) is 7.58. The lowest BCUT2D eigenvalue weighted by Crippen LogP contribution is -2.66. The van der Waals surface area contributed by atoms with Crippen LogP contribution in [-0.2, 0) is 28.4 Å². The molecule has 100 valence electrons. The van der Waals surface area contributed by atoms with Crippen molar-refractivity contribution in [2.75, 3.05) is 0 Å². The minimum atomic E-state index is -3.58. The van der Waals surface area contributed by atoms with Gasteiger partial charge in [0.2, 0.25) is 0 Å². The maximum Gasteiger partial charge on any atom is 0.259 e. The zero-order valence-electron chi connectivity index (χ0n) is 10.6. The third kappa shape index (κ3) is 1.50. The van der Waals surface area contributed by atoms with Gasteiger partial charge in [-0.25, -0.2) is 12.7 Å². The van der Waals surface area contributed by atoms with E-state index in [0.717, 1.165) is 4.31 Å². The molecule has 1 fully saturated rings. The van der Waals surface area contributed by atoms with Crippen LogP contribution in [0.2, 0.25) is 5.15 Å². The maximum atomic E-state index is 11.9. The van der Waals surface area contributed by atoms with Gasteiger partial charge in [0.25, 0.3) is 15.9 Å². The lowest BCUT2D eigenvalue weighted by molar-refractivity contribution is -0.132. The summed E-state index contributed by atoms with van der Waals surface area (Å²) in [5.74, 6) is -0.415. The molecule has 2 rings (SSSR count). The Kier molecular flexibility index (Phi) is 2.75. The van der Waals surface area contributed by atoms with Gasteiger partial charge in [-0.3, -0.25) is 9.48 Å². The summed E-state index contributed by atoms with van der Waals surface area (Å²) in [6.45, 7) is 4.48. The molecule has 1 aliphatic rings. The Hall–Kier alpha value is -1.08. The summed E-state index contributed by atoms with van der Waals surface area (Å²) in [7, 11) is -1.92. The second kappa shape index (κ2) is 3.71. The van der Waals surface area contributed by atoms with Crippen LogP contribution in [0.1, 0.15) is 25.1 Å². The molecular weight excluding hydrogens is 278 g/mol. The summed E-state index contributed by atoms with van der Waals surface area (Å²) in [5, 5.41) is 4.43. The van der Waals surface area contributed by atoms with Crippen molar-refractivity contribution < 1.29 is 13.2 Å². The molecule has 2 heterocycles. The number of aromatic nitrogens is 2. The molecule has 0 saturated carbocycles. The van der Waals surface area contributed by atoms with Crippen molar-refractivity contribution in [3.8, 4) is 0 Å². The van der Waals surface area contributed by atoms with Crippen LogP contribution in [0.4, 0.5) is 0 Å². The molecule has 1 saturated heterocycles. The number of hydrogen-bond donors (Lipinski definition) is 0. The summed E-state index contributed by atoms with van der Waals surface area (Å²) in [5.41, 5.74) is 1.18. The monoisotopic (exact) mass is 291 g/mol. The molecule has 6 nitrogen and oxygen atoms in total. The van der Waals surface area contributed by atoms with Gasteiger partial charge in [-0.15, -0.1) is 0 Å². The number of carbonyl (C=O) groups is 1. The van der Waals surface area contributed by atoms with Crippen LogP contribution in [0.15, 0.2) is 0 Å². The van der Waals surface area contributed by atoms with E-state index in [2.05, 4.69) is 5.10 Å². The predicted octanol–water partition coefficient (Wildman–Crippen LogP) is 0.833. The van der Waals surface area contributed by atoms with Gasteiger partial charge in [-0.05, 0) is 20.8 Å². The zero-order chi connectivity index (χ0) is 13.9. The van der Waals surface area contributed by atoms with Crippen LogP contribution in [0.5, 0.6) is 0 Å². The number of amides is 1. The average Bonchev–Trinajstić information content (AvgIpc) is 2.49. The third-order valence-corrected chi connectivity index (χ3v) is 6.06. The number of nitrogens with zero attached hydrogens (tertiary/aromatic N) is 3. The van der Waals surface area contributed by atoms with Crippen molar-refractivity contribution in [3.05, 3.63) is 16.4 Å². The highest BCUT2D eigenvalue weighted by molar-refractivity contribution is 7.94. The number of rotatable bonds is 2.